The van der Waals surface area contributed by atoms with Gasteiger partial charge in [-0.3, -0.25) is 10.1 Å². The van der Waals surface area contributed by atoms with E-state index in [2.05, 4.69) is 20.5 Å². The highest BCUT2D eigenvalue weighted by molar-refractivity contribution is 7.92. The van der Waals surface area contributed by atoms with Gasteiger partial charge in [0.1, 0.15) is 0 Å². The number of nitrogens with zero attached hydrogens (tertiary/aromatic N) is 3. The van der Waals surface area contributed by atoms with E-state index in [-0.39, 0.29) is 9.47 Å². The lowest BCUT2D eigenvalue weighted by Crippen LogP contribution is -2.13. The number of fused-ring (bicyclic) bond motifs is 1. The molecule has 2 aromatic carbocycles. The number of para-hydroxylation sites is 1. The van der Waals surface area contributed by atoms with Crippen molar-refractivity contribution >= 4 is 43.1 Å². The van der Waals surface area contributed by atoms with E-state index in [0.717, 1.165) is 23.2 Å². The Labute approximate surface area is 165 Å². The molecule has 2 aromatic heterocycles. The van der Waals surface area contributed by atoms with Crippen LogP contribution in [0, 0.1) is 0 Å². The third-order valence-electron chi connectivity index (χ3n) is 3.97. The smallest absolute Gasteiger partial charge is 0.258 e. The van der Waals surface area contributed by atoms with Crippen LogP contribution in [-0.2, 0) is 9.84 Å². The van der Waals surface area contributed by atoms with E-state index in [9.17, 15) is 13.2 Å². The largest absolute Gasteiger partial charge is 0.296 e. The van der Waals surface area contributed by atoms with Gasteiger partial charge in [-0.25, -0.2) is 13.4 Å². The van der Waals surface area contributed by atoms with Gasteiger partial charge in [0.05, 0.1) is 16.8 Å². The third kappa shape index (κ3) is 3.62. The molecule has 0 saturated heterocycles. The van der Waals surface area contributed by atoms with Crippen LogP contribution in [-0.4, -0.2) is 35.8 Å². The van der Waals surface area contributed by atoms with E-state index in [1.54, 1.807) is 6.07 Å². The number of pyridine rings is 1. The third-order valence-corrected chi connectivity index (χ3v) is 6.48. The molecule has 0 radical (unpaired) electrons. The molecule has 4 aromatic rings. The number of sulfone groups is 1. The van der Waals surface area contributed by atoms with E-state index in [1.807, 2.05) is 54.6 Å². The molecule has 0 saturated carbocycles. The topological polar surface area (TPSA) is 102 Å². The van der Waals surface area contributed by atoms with Gasteiger partial charge in [0.2, 0.25) is 19.3 Å². The first-order valence-electron chi connectivity index (χ1n) is 8.22. The van der Waals surface area contributed by atoms with Gasteiger partial charge in [-0.05, 0) is 12.1 Å². The predicted molar refractivity (Wildman–Crippen MR) is 108 cm³/mol. The molecular weight excluding hydrogens is 396 g/mol. The molecule has 0 spiro atoms. The number of nitrogens with one attached hydrogen (secondary N) is 1. The second-order valence-electron chi connectivity index (χ2n) is 6.04. The maximum atomic E-state index is 12.9. The first kappa shape index (κ1) is 18.2. The van der Waals surface area contributed by atoms with Gasteiger partial charge in [0.25, 0.3) is 5.91 Å². The number of anilines is 1. The lowest BCUT2D eigenvalue weighted by Gasteiger charge is -2.09. The second kappa shape index (κ2) is 7.10. The van der Waals surface area contributed by atoms with E-state index in [1.165, 1.54) is 0 Å². The molecule has 1 N–H and O–H groups in total. The van der Waals surface area contributed by atoms with E-state index in [0.29, 0.717) is 22.2 Å². The van der Waals surface area contributed by atoms with Crippen LogP contribution in [0.4, 0.5) is 5.13 Å². The van der Waals surface area contributed by atoms with Gasteiger partial charge in [0.15, 0.2) is 0 Å². The number of rotatable bonds is 4. The van der Waals surface area contributed by atoms with Crippen molar-refractivity contribution in [3.05, 3.63) is 66.2 Å². The fourth-order valence-corrected chi connectivity index (χ4v) is 4.20. The predicted octanol–water partition coefficient (Wildman–Crippen LogP) is 3.41. The number of hydrogen-bond donors (Lipinski definition) is 1. The molecule has 28 heavy (non-hydrogen) atoms. The quantitative estimate of drug-likeness (QED) is 0.517. The number of hydrogen-bond acceptors (Lipinski definition) is 7. The molecule has 0 aliphatic carbocycles. The fourth-order valence-electron chi connectivity index (χ4n) is 2.69. The molecule has 7 nitrogen and oxygen atoms in total. The molecule has 0 aliphatic heterocycles. The second-order valence-corrected chi connectivity index (χ2v) is 9.20. The summed E-state index contributed by atoms with van der Waals surface area (Å²) in [6.45, 7) is 0. The van der Waals surface area contributed by atoms with Crippen LogP contribution in [0.3, 0.4) is 0 Å². The zero-order valence-corrected chi connectivity index (χ0v) is 16.3. The van der Waals surface area contributed by atoms with Crippen LogP contribution in [0.1, 0.15) is 10.4 Å². The van der Waals surface area contributed by atoms with Gasteiger partial charge in [-0.1, -0.05) is 59.9 Å². The maximum absolute atomic E-state index is 12.9. The number of carbonyl (C=O) groups excluding carboxylic acids is 1. The van der Waals surface area contributed by atoms with Gasteiger partial charge >= 0.3 is 0 Å². The van der Waals surface area contributed by atoms with Gasteiger partial charge in [-0.15, -0.1) is 10.2 Å². The Morgan fingerprint density at radius 2 is 1.71 bits per heavy atom. The van der Waals surface area contributed by atoms with Crippen molar-refractivity contribution < 1.29 is 13.2 Å². The van der Waals surface area contributed by atoms with Crippen LogP contribution < -0.4 is 5.32 Å². The van der Waals surface area contributed by atoms with E-state index >= 15 is 0 Å². The molecule has 0 aliphatic rings. The number of amides is 1. The summed E-state index contributed by atoms with van der Waals surface area (Å²) < 4.78 is 23.0. The first-order chi connectivity index (χ1) is 13.4. The van der Waals surface area contributed by atoms with Crippen molar-refractivity contribution in [2.75, 3.05) is 11.6 Å². The Hall–Kier alpha value is -3.17. The molecular formula is C19H14N4O3S2. The Balaban J connectivity index is 1.76. The summed E-state index contributed by atoms with van der Waals surface area (Å²) >= 11 is 0.811. The molecule has 0 bridgehead atoms. The van der Waals surface area contributed by atoms with Gasteiger partial charge in [0, 0.05) is 17.2 Å². The minimum atomic E-state index is -3.48. The zero-order valence-electron chi connectivity index (χ0n) is 14.7. The highest BCUT2D eigenvalue weighted by atomic mass is 32.2. The molecule has 2 heterocycles. The summed E-state index contributed by atoms with van der Waals surface area (Å²) in [6.07, 6.45) is 1.04. The average Bonchev–Trinajstić information content (AvgIpc) is 3.17. The SMILES string of the molecule is CS(=O)(=O)c1nnc(NC(=O)c2cc(-c3ccccc3)nc3ccccc23)s1. The van der Waals surface area contributed by atoms with Crippen molar-refractivity contribution in [3.63, 3.8) is 0 Å². The Morgan fingerprint density at radius 1 is 1.00 bits per heavy atom. The summed E-state index contributed by atoms with van der Waals surface area (Å²) in [5.41, 5.74) is 2.65. The minimum absolute atomic E-state index is 0.118. The zero-order chi connectivity index (χ0) is 19.7. The van der Waals surface area contributed by atoms with Crippen molar-refractivity contribution in [1.82, 2.24) is 15.2 Å². The Bertz CT molecular complexity index is 1290. The van der Waals surface area contributed by atoms with E-state index in [4.69, 9.17) is 0 Å². The van der Waals surface area contributed by atoms with Gasteiger partial charge in [-0.2, -0.15) is 0 Å². The highest BCUT2D eigenvalue weighted by Gasteiger charge is 2.18. The summed E-state index contributed by atoms with van der Waals surface area (Å²) in [5, 5.41) is 10.8. The molecule has 0 unspecified atom stereocenters. The molecule has 140 valence electrons. The molecule has 0 fully saturated rings. The summed E-state index contributed by atoms with van der Waals surface area (Å²) in [7, 11) is -3.48. The van der Waals surface area contributed by atoms with Crippen LogP contribution in [0.25, 0.3) is 22.2 Å². The van der Waals surface area contributed by atoms with Gasteiger partial charge < -0.3 is 0 Å². The molecule has 0 atom stereocenters. The first-order valence-corrected chi connectivity index (χ1v) is 10.9. The normalized spacial score (nSPS) is 11.5. The maximum Gasteiger partial charge on any atom is 0.258 e. The number of aromatic nitrogens is 3. The summed E-state index contributed by atoms with van der Waals surface area (Å²) in [4.78, 5) is 17.6. The standard InChI is InChI=1S/C19H14N4O3S2/c1-28(25,26)19-23-22-18(27-19)21-17(24)14-11-16(12-7-3-2-4-8-12)20-15-10-6-5-9-13(14)15/h2-11H,1H3,(H,21,22,24). The molecule has 4 rings (SSSR count). The Kier molecular flexibility index (Phi) is 4.62. The van der Waals surface area contributed by atoms with E-state index < -0.39 is 15.7 Å². The monoisotopic (exact) mass is 410 g/mol. The van der Waals surface area contributed by atoms with Crippen LogP contribution >= 0.6 is 11.3 Å². The minimum Gasteiger partial charge on any atom is -0.296 e. The highest BCUT2D eigenvalue weighted by Crippen LogP contribution is 2.26. The average molecular weight is 410 g/mol. The molecule has 1 amide bonds. The van der Waals surface area contributed by atoms with Crippen molar-refractivity contribution in [2.45, 2.75) is 4.34 Å². The lowest BCUT2D eigenvalue weighted by molar-refractivity contribution is 0.102. The fraction of sp³-hybridized carbons (Fsp3) is 0.0526. The van der Waals surface area contributed by atoms with Crippen LogP contribution in [0.2, 0.25) is 0 Å². The van der Waals surface area contributed by atoms with Crippen LogP contribution in [0.5, 0.6) is 0 Å². The van der Waals surface area contributed by atoms with Crippen molar-refractivity contribution in [1.29, 1.82) is 0 Å². The van der Waals surface area contributed by atoms with Crippen LogP contribution in [0.15, 0.2) is 65.0 Å². The van der Waals surface area contributed by atoms with Crippen molar-refractivity contribution in [2.24, 2.45) is 0 Å². The molecule has 9 heteroatoms. The lowest BCUT2D eigenvalue weighted by atomic mass is 10.0. The number of carbonyl (C=O) groups is 1. The summed E-state index contributed by atoms with van der Waals surface area (Å²) in [6, 6.07) is 18.6. The van der Waals surface area contributed by atoms with Crippen molar-refractivity contribution in [3.8, 4) is 11.3 Å². The summed E-state index contributed by atoms with van der Waals surface area (Å²) in [5.74, 6) is -0.410. The number of benzene rings is 2. The Morgan fingerprint density at radius 3 is 2.43 bits per heavy atom.